The molecule has 0 aromatic heterocycles. The third-order valence-corrected chi connectivity index (χ3v) is 4.88. The average Bonchev–Trinajstić information content (AvgIpc) is 2.40. The summed E-state index contributed by atoms with van der Waals surface area (Å²) in [6, 6.07) is 5.56. The van der Waals surface area contributed by atoms with Crippen molar-refractivity contribution in [3.05, 3.63) is 29.6 Å². The van der Waals surface area contributed by atoms with Gasteiger partial charge in [0.25, 0.3) is 0 Å². The Hall–Kier alpha value is -1.78. The Morgan fingerprint density at radius 1 is 1.41 bits per heavy atom. The number of guanidine groups is 1. The van der Waals surface area contributed by atoms with E-state index in [0.29, 0.717) is 23.7 Å². The molecule has 0 bridgehead atoms. The second-order valence-corrected chi connectivity index (χ2v) is 6.43. The second kappa shape index (κ2) is 6.55. The first-order valence-corrected chi connectivity index (χ1v) is 8.05. The molecule has 0 atom stereocenters. The van der Waals surface area contributed by atoms with Crippen molar-refractivity contribution in [3.63, 3.8) is 0 Å². The number of aliphatic imine (C=N–C) groups is 1. The fraction of sp³-hybridized carbons (Fsp3) is 0.588. The van der Waals surface area contributed by atoms with Crippen molar-refractivity contribution in [2.24, 2.45) is 16.6 Å². The molecule has 2 saturated carbocycles. The number of hydrogen-bond acceptors (Lipinski definition) is 2. The molecule has 0 unspecified atom stereocenters. The smallest absolute Gasteiger partial charge is 0.188 e. The van der Waals surface area contributed by atoms with Crippen molar-refractivity contribution in [1.29, 1.82) is 0 Å². The van der Waals surface area contributed by atoms with E-state index in [4.69, 9.17) is 10.5 Å². The maximum absolute atomic E-state index is 13.7. The first-order chi connectivity index (χ1) is 10.7. The third-order valence-electron chi connectivity index (χ3n) is 4.88. The van der Waals surface area contributed by atoms with Gasteiger partial charge < -0.3 is 15.8 Å². The van der Waals surface area contributed by atoms with Gasteiger partial charge in [0.05, 0.1) is 7.11 Å². The van der Waals surface area contributed by atoms with Gasteiger partial charge in [0.1, 0.15) is 0 Å². The molecule has 4 nitrogen and oxygen atoms in total. The molecule has 5 heteroatoms. The number of halogens is 1. The minimum atomic E-state index is -0.294. The van der Waals surface area contributed by atoms with E-state index in [-0.39, 0.29) is 5.82 Å². The molecule has 0 aliphatic heterocycles. The predicted molar refractivity (Wildman–Crippen MR) is 85.7 cm³/mol. The molecule has 2 fully saturated rings. The quantitative estimate of drug-likeness (QED) is 0.649. The molecule has 1 aromatic carbocycles. The van der Waals surface area contributed by atoms with Crippen LogP contribution in [0.4, 0.5) is 4.39 Å². The van der Waals surface area contributed by atoms with Crippen LogP contribution in [0.3, 0.4) is 0 Å². The maximum atomic E-state index is 13.7. The van der Waals surface area contributed by atoms with Crippen LogP contribution >= 0.6 is 0 Å². The highest BCUT2D eigenvalue weighted by Gasteiger charge is 2.31. The van der Waals surface area contributed by atoms with Crippen LogP contribution in [0.15, 0.2) is 23.2 Å². The molecule has 3 N–H and O–H groups in total. The van der Waals surface area contributed by atoms with Gasteiger partial charge in [-0.15, -0.1) is 0 Å². The lowest BCUT2D eigenvalue weighted by molar-refractivity contribution is 0.316. The van der Waals surface area contributed by atoms with Crippen LogP contribution in [0.5, 0.6) is 5.75 Å². The van der Waals surface area contributed by atoms with Crippen LogP contribution in [0.2, 0.25) is 0 Å². The summed E-state index contributed by atoms with van der Waals surface area (Å²) in [5.74, 6) is 1.67. The van der Waals surface area contributed by atoms with Gasteiger partial charge in [-0.3, -0.25) is 4.99 Å². The Balaban J connectivity index is 1.46. The molecule has 1 aromatic rings. The largest absolute Gasteiger partial charge is 0.494 e. The number of rotatable bonds is 5. The van der Waals surface area contributed by atoms with E-state index < -0.39 is 0 Å². The van der Waals surface area contributed by atoms with Gasteiger partial charge in [0.2, 0.25) is 0 Å². The Morgan fingerprint density at radius 2 is 2.18 bits per heavy atom. The second-order valence-electron chi connectivity index (χ2n) is 6.43. The van der Waals surface area contributed by atoms with Gasteiger partial charge >= 0.3 is 0 Å². The third kappa shape index (κ3) is 3.34. The van der Waals surface area contributed by atoms with Crippen LogP contribution in [-0.4, -0.2) is 25.7 Å². The normalized spacial score (nSPS) is 25.3. The molecule has 0 heterocycles. The van der Waals surface area contributed by atoms with E-state index in [1.807, 2.05) is 6.07 Å². The summed E-state index contributed by atoms with van der Waals surface area (Å²) in [5.41, 5.74) is 6.95. The van der Waals surface area contributed by atoms with Crippen molar-refractivity contribution in [2.75, 3.05) is 13.7 Å². The molecular weight excluding hydrogens is 281 g/mol. The number of methoxy groups -OCH3 is 1. The lowest BCUT2D eigenvalue weighted by atomic mass is 9.76. The summed E-state index contributed by atoms with van der Waals surface area (Å²) < 4.78 is 18.7. The lowest BCUT2D eigenvalue weighted by Crippen LogP contribution is -2.46. The standard InChI is InChI=1S/C17H24FN3O/c1-22-16-6-5-12(9-15(16)18)13-7-14(8-13)21-17(19)20-10-11-3-2-4-11/h5-6,9,11,13-14H,2-4,7-8,10H2,1H3,(H3,19,20,21). The van der Waals surface area contributed by atoms with Gasteiger partial charge in [-0.05, 0) is 55.2 Å². The first kappa shape index (κ1) is 15.1. The molecule has 2 aliphatic rings. The fourth-order valence-corrected chi connectivity index (χ4v) is 3.10. The molecule has 3 rings (SSSR count). The molecular formula is C17H24FN3O. The van der Waals surface area contributed by atoms with Crippen LogP contribution in [0.1, 0.15) is 43.6 Å². The number of nitrogens with one attached hydrogen (secondary N) is 1. The van der Waals surface area contributed by atoms with Crippen LogP contribution < -0.4 is 15.8 Å². The summed E-state index contributed by atoms with van der Waals surface area (Å²) in [6.07, 6.45) is 5.82. The minimum Gasteiger partial charge on any atom is -0.494 e. The number of hydrogen-bond donors (Lipinski definition) is 2. The topological polar surface area (TPSA) is 59.6 Å². The highest BCUT2D eigenvalue weighted by molar-refractivity contribution is 5.78. The summed E-state index contributed by atoms with van der Waals surface area (Å²) >= 11 is 0. The van der Waals surface area contributed by atoms with E-state index in [1.165, 1.54) is 26.4 Å². The van der Waals surface area contributed by atoms with Crippen molar-refractivity contribution < 1.29 is 9.13 Å². The van der Waals surface area contributed by atoms with E-state index in [0.717, 1.165) is 30.9 Å². The zero-order valence-electron chi connectivity index (χ0n) is 13.0. The number of nitrogens with zero attached hydrogens (tertiary/aromatic N) is 1. The molecule has 120 valence electrons. The highest BCUT2D eigenvalue weighted by atomic mass is 19.1. The van der Waals surface area contributed by atoms with Gasteiger partial charge in [0.15, 0.2) is 17.5 Å². The zero-order chi connectivity index (χ0) is 15.5. The van der Waals surface area contributed by atoms with E-state index in [9.17, 15) is 4.39 Å². The monoisotopic (exact) mass is 305 g/mol. The predicted octanol–water partition coefficient (Wildman–Crippen LogP) is 2.78. The molecule has 0 saturated heterocycles. The Morgan fingerprint density at radius 3 is 2.77 bits per heavy atom. The summed E-state index contributed by atoms with van der Waals surface area (Å²) in [5, 5.41) is 3.27. The van der Waals surface area contributed by atoms with E-state index in [1.54, 1.807) is 12.1 Å². The average molecular weight is 305 g/mol. The number of benzene rings is 1. The molecule has 22 heavy (non-hydrogen) atoms. The maximum Gasteiger partial charge on any atom is 0.188 e. The van der Waals surface area contributed by atoms with Crippen LogP contribution in [0, 0.1) is 11.7 Å². The molecule has 2 aliphatic carbocycles. The van der Waals surface area contributed by atoms with Crippen molar-refractivity contribution in [2.45, 2.75) is 44.1 Å². The summed E-state index contributed by atoms with van der Waals surface area (Å²) in [6.45, 7) is 0.846. The van der Waals surface area contributed by atoms with Gasteiger partial charge in [-0.1, -0.05) is 12.5 Å². The zero-order valence-corrected chi connectivity index (χ0v) is 13.0. The first-order valence-electron chi connectivity index (χ1n) is 8.05. The summed E-state index contributed by atoms with van der Waals surface area (Å²) in [7, 11) is 1.48. The Kier molecular flexibility index (Phi) is 4.50. The van der Waals surface area contributed by atoms with Gasteiger partial charge in [-0.25, -0.2) is 4.39 Å². The molecule has 0 spiro atoms. The van der Waals surface area contributed by atoms with E-state index >= 15 is 0 Å². The van der Waals surface area contributed by atoms with Crippen molar-refractivity contribution in [3.8, 4) is 5.75 Å². The minimum absolute atomic E-state index is 0.294. The van der Waals surface area contributed by atoms with Gasteiger partial charge in [0, 0.05) is 12.6 Å². The number of nitrogens with two attached hydrogens (primary N) is 1. The SMILES string of the molecule is COc1ccc(C2CC(NC(N)=NCC3CCC3)C2)cc1F. The molecule has 0 amide bonds. The van der Waals surface area contributed by atoms with Crippen molar-refractivity contribution in [1.82, 2.24) is 5.32 Å². The number of ether oxygens (including phenoxy) is 1. The van der Waals surface area contributed by atoms with Crippen LogP contribution in [-0.2, 0) is 0 Å². The lowest BCUT2D eigenvalue weighted by Gasteiger charge is -2.36. The van der Waals surface area contributed by atoms with Crippen molar-refractivity contribution >= 4 is 5.96 Å². The summed E-state index contributed by atoms with van der Waals surface area (Å²) in [4.78, 5) is 4.41. The fourth-order valence-electron chi connectivity index (χ4n) is 3.10. The van der Waals surface area contributed by atoms with E-state index in [2.05, 4.69) is 10.3 Å². The molecule has 0 radical (unpaired) electrons. The van der Waals surface area contributed by atoms with Gasteiger partial charge in [-0.2, -0.15) is 0 Å². The Bertz CT molecular complexity index is 551. The van der Waals surface area contributed by atoms with Crippen LogP contribution in [0.25, 0.3) is 0 Å². The highest BCUT2D eigenvalue weighted by Crippen LogP contribution is 2.38. The Labute approximate surface area is 130 Å².